The zero-order valence-electron chi connectivity index (χ0n) is 15.8. The Balaban J connectivity index is 1.50. The number of carbonyl (C=O) groups is 1. The zero-order valence-corrected chi connectivity index (χ0v) is 18.8. The van der Waals surface area contributed by atoms with Crippen LogP contribution in [-0.4, -0.2) is 23.1 Å². The molecule has 3 aromatic carbocycles. The van der Waals surface area contributed by atoms with Gasteiger partial charge in [-0.1, -0.05) is 18.2 Å². The molecule has 2 N–H and O–H groups in total. The van der Waals surface area contributed by atoms with Gasteiger partial charge in [-0.05, 0) is 77.3 Å². The molecule has 0 aliphatic rings. The Hall–Kier alpha value is -2.98. The highest BCUT2D eigenvalue weighted by molar-refractivity contribution is 14.1. The molecule has 1 heterocycles. The molecule has 150 valence electrons. The number of nitrogens with one attached hydrogen (secondary N) is 2. The van der Waals surface area contributed by atoms with Crippen molar-refractivity contribution in [3.63, 3.8) is 0 Å². The number of oxazole rings is 1. The summed E-state index contributed by atoms with van der Waals surface area (Å²) in [4.78, 5) is 17.0. The standard InChI is InChI=1S/C22H16IN3O3S/c1-28-15-9-10-19-18(12-15)25-21(29-19)13-5-4-6-14(11-13)24-22(30)26-20(27)16-7-2-3-8-17(16)23/h2-12H,1H3,(H2,24,26,27,30). The number of aromatic nitrogens is 1. The first-order valence-electron chi connectivity index (χ1n) is 8.95. The van der Waals surface area contributed by atoms with Crippen LogP contribution in [0.5, 0.6) is 5.75 Å². The van der Waals surface area contributed by atoms with Gasteiger partial charge in [0, 0.05) is 20.9 Å². The number of nitrogens with zero attached hydrogens (tertiary/aromatic N) is 1. The number of methoxy groups -OCH3 is 1. The minimum Gasteiger partial charge on any atom is -0.497 e. The van der Waals surface area contributed by atoms with Crippen LogP contribution >= 0.6 is 34.8 Å². The van der Waals surface area contributed by atoms with Gasteiger partial charge in [-0.3, -0.25) is 10.1 Å². The first-order valence-corrected chi connectivity index (χ1v) is 10.4. The van der Waals surface area contributed by atoms with Gasteiger partial charge in [-0.15, -0.1) is 0 Å². The molecule has 0 aliphatic heterocycles. The van der Waals surface area contributed by atoms with Gasteiger partial charge in [0.2, 0.25) is 5.89 Å². The molecular weight excluding hydrogens is 513 g/mol. The molecule has 30 heavy (non-hydrogen) atoms. The van der Waals surface area contributed by atoms with E-state index in [4.69, 9.17) is 21.4 Å². The molecule has 6 nitrogen and oxygen atoms in total. The highest BCUT2D eigenvalue weighted by Gasteiger charge is 2.12. The largest absolute Gasteiger partial charge is 0.497 e. The van der Waals surface area contributed by atoms with Crippen LogP contribution in [0, 0.1) is 3.57 Å². The van der Waals surface area contributed by atoms with E-state index in [0.29, 0.717) is 34.0 Å². The summed E-state index contributed by atoms with van der Waals surface area (Å²) in [5, 5.41) is 5.94. The number of carbonyl (C=O) groups excluding carboxylic acids is 1. The molecule has 0 aliphatic carbocycles. The van der Waals surface area contributed by atoms with Crippen molar-refractivity contribution in [3.05, 3.63) is 75.9 Å². The summed E-state index contributed by atoms with van der Waals surface area (Å²) in [6, 6.07) is 20.2. The van der Waals surface area contributed by atoms with E-state index in [1.54, 1.807) is 13.2 Å². The predicted molar refractivity (Wildman–Crippen MR) is 129 cm³/mol. The first-order chi connectivity index (χ1) is 14.5. The Morgan fingerprint density at radius 1 is 1.10 bits per heavy atom. The maximum absolute atomic E-state index is 12.4. The lowest BCUT2D eigenvalue weighted by molar-refractivity contribution is 0.0977. The number of halogens is 1. The van der Waals surface area contributed by atoms with Crippen LogP contribution in [0.1, 0.15) is 10.4 Å². The van der Waals surface area contributed by atoms with Gasteiger partial charge in [0.1, 0.15) is 11.3 Å². The number of thiocarbonyl (C=S) groups is 1. The van der Waals surface area contributed by atoms with E-state index in [1.807, 2.05) is 60.7 Å². The van der Waals surface area contributed by atoms with Crippen molar-refractivity contribution in [1.29, 1.82) is 0 Å². The second kappa shape index (κ2) is 8.80. The van der Waals surface area contributed by atoms with Crippen molar-refractivity contribution in [1.82, 2.24) is 10.3 Å². The Morgan fingerprint density at radius 2 is 1.93 bits per heavy atom. The van der Waals surface area contributed by atoms with Gasteiger partial charge >= 0.3 is 0 Å². The molecule has 1 aromatic heterocycles. The fourth-order valence-corrected chi connectivity index (χ4v) is 3.71. The summed E-state index contributed by atoms with van der Waals surface area (Å²) in [5.74, 6) is 0.934. The number of fused-ring (bicyclic) bond motifs is 1. The fourth-order valence-electron chi connectivity index (χ4n) is 2.87. The second-order valence-corrected chi connectivity index (χ2v) is 7.89. The van der Waals surface area contributed by atoms with Crippen LogP contribution < -0.4 is 15.4 Å². The third kappa shape index (κ3) is 4.44. The molecule has 0 fully saturated rings. The van der Waals surface area contributed by atoms with Crippen molar-refractivity contribution in [2.75, 3.05) is 12.4 Å². The van der Waals surface area contributed by atoms with Crippen LogP contribution in [-0.2, 0) is 0 Å². The molecule has 4 rings (SSSR count). The van der Waals surface area contributed by atoms with E-state index in [0.717, 1.165) is 9.13 Å². The summed E-state index contributed by atoms with van der Waals surface area (Å²) >= 11 is 7.41. The Kier molecular flexibility index (Phi) is 5.96. The van der Waals surface area contributed by atoms with E-state index >= 15 is 0 Å². The number of amides is 1. The number of anilines is 1. The van der Waals surface area contributed by atoms with Crippen LogP contribution in [0.15, 0.2) is 71.1 Å². The van der Waals surface area contributed by atoms with Gasteiger partial charge in [-0.2, -0.15) is 0 Å². The average Bonchev–Trinajstić information content (AvgIpc) is 3.17. The highest BCUT2D eigenvalue weighted by Crippen LogP contribution is 2.28. The minimum atomic E-state index is -0.262. The maximum Gasteiger partial charge on any atom is 0.258 e. The number of hydrogen-bond acceptors (Lipinski definition) is 5. The molecule has 0 radical (unpaired) electrons. The molecule has 0 atom stereocenters. The molecule has 8 heteroatoms. The lowest BCUT2D eigenvalue weighted by Crippen LogP contribution is -2.34. The van der Waals surface area contributed by atoms with Gasteiger partial charge in [-0.25, -0.2) is 4.98 Å². The molecule has 0 spiro atoms. The number of ether oxygens (including phenoxy) is 1. The van der Waals surface area contributed by atoms with Crippen molar-refractivity contribution in [3.8, 4) is 17.2 Å². The van der Waals surface area contributed by atoms with Crippen molar-refractivity contribution < 1.29 is 13.9 Å². The summed E-state index contributed by atoms with van der Waals surface area (Å²) in [6.07, 6.45) is 0. The smallest absolute Gasteiger partial charge is 0.258 e. The van der Waals surface area contributed by atoms with E-state index in [2.05, 4.69) is 38.2 Å². The first kappa shape index (κ1) is 20.3. The van der Waals surface area contributed by atoms with Crippen LogP contribution in [0.25, 0.3) is 22.6 Å². The Labute approximate surface area is 191 Å². The van der Waals surface area contributed by atoms with Crippen molar-refractivity contribution in [2.45, 2.75) is 0 Å². The minimum absolute atomic E-state index is 0.208. The summed E-state index contributed by atoms with van der Waals surface area (Å²) in [7, 11) is 1.61. The van der Waals surface area contributed by atoms with E-state index in [1.165, 1.54) is 0 Å². The highest BCUT2D eigenvalue weighted by atomic mass is 127. The SMILES string of the molecule is COc1ccc2oc(-c3cccc(NC(=S)NC(=O)c4ccccc4I)c3)nc2c1. The molecule has 0 saturated carbocycles. The number of rotatable bonds is 4. The normalized spacial score (nSPS) is 10.6. The van der Waals surface area contributed by atoms with E-state index in [-0.39, 0.29) is 11.0 Å². The van der Waals surface area contributed by atoms with Gasteiger partial charge in [0.25, 0.3) is 5.91 Å². The second-order valence-electron chi connectivity index (χ2n) is 6.32. The summed E-state index contributed by atoms with van der Waals surface area (Å²) < 4.78 is 11.9. The van der Waals surface area contributed by atoms with Crippen LogP contribution in [0.4, 0.5) is 5.69 Å². The third-order valence-corrected chi connectivity index (χ3v) is 5.45. The van der Waals surface area contributed by atoms with Gasteiger partial charge < -0.3 is 14.5 Å². The molecule has 0 unspecified atom stereocenters. The quantitative estimate of drug-likeness (QED) is 0.279. The lowest BCUT2D eigenvalue weighted by atomic mass is 10.2. The third-order valence-electron chi connectivity index (χ3n) is 4.31. The molecule has 1 amide bonds. The summed E-state index contributed by atoms with van der Waals surface area (Å²) in [5.41, 5.74) is 3.44. The average molecular weight is 529 g/mol. The van der Waals surface area contributed by atoms with Crippen molar-refractivity contribution >= 4 is 62.6 Å². The maximum atomic E-state index is 12.4. The van der Waals surface area contributed by atoms with Gasteiger partial charge in [0.15, 0.2) is 10.7 Å². The molecule has 4 aromatic rings. The molecular formula is C22H16IN3O3S. The lowest BCUT2D eigenvalue weighted by Gasteiger charge is -2.11. The van der Waals surface area contributed by atoms with Crippen LogP contribution in [0.2, 0.25) is 0 Å². The van der Waals surface area contributed by atoms with E-state index < -0.39 is 0 Å². The summed E-state index contributed by atoms with van der Waals surface area (Å²) in [6.45, 7) is 0. The predicted octanol–water partition coefficient (Wildman–Crippen LogP) is 5.23. The topological polar surface area (TPSA) is 76.4 Å². The van der Waals surface area contributed by atoms with E-state index in [9.17, 15) is 4.79 Å². The Bertz CT molecular complexity index is 1260. The molecule has 0 saturated heterocycles. The van der Waals surface area contributed by atoms with Crippen LogP contribution in [0.3, 0.4) is 0 Å². The van der Waals surface area contributed by atoms with Gasteiger partial charge in [0.05, 0.1) is 12.7 Å². The number of benzene rings is 3. The number of hydrogen-bond donors (Lipinski definition) is 2. The Morgan fingerprint density at radius 3 is 2.73 bits per heavy atom. The monoisotopic (exact) mass is 529 g/mol. The zero-order chi connectivity index (χ0) is 21.1. The molecule has 0 bridgehead atoms. The van der Waals surface area contributed by atoms with Crippen molar-refractivity contribution in [2.24, 2.45) is 0 Å². The fraction of sp³-hybridized carbons (Fsp3) is 0.0455.